The SMILES string of the molecule is N#Cc1c(-c2ccc(F)c(F)c2)ccnc1N. The summed E-state index contributed by atoms with van der Waals surface area (Å²) in [5.41, 5.74) is 6.50. The van der Waals surface area contributed by atoms with Crippen molar-refractivity contribution in [2.24, 2.45) is 0 Å². The Hall–Kier alpha value is -2.48. The molecule has 0 unspecified atom stereocenters. The van der Waals surface area contributed by atoms with Crippen molar-refractivity contribution in [1.82, 2.24) is 4.98 Å². The fourth-order valence-electron chi connectivity index (χ4n) is 1.50. The molecule has 0 amide bonds. The molecule has 0 aliphatic heterocycles. The third-order valence-corrected chi connectivity index (χ3v) is 2.32. The lowest BCUT2D eigenvalue weighted by molar-refractivity contribution is 0.509. The fraction of sp³-hybridized carbons (Fsp3) is 0. The van der Waals surface area contributed by atoms with Crippen LogP contribution in [0.3, 0.4) is 0 Å². The highest BCUT2D eigenvalue weighted by atomic mass is 19.2. The summed E-state index contributed by atoms with van der Waals surface area (Å²) < 4.78 is 25.9. The Bertz CT molecular complexity index is 618. The third kappa shape index (κ3) is 1.93. The Kier molecular flexibility index (Phi) is 2.71. The number of hydrogen-bond acceptors (Lipinski definition) is 3. The Labute approximate surface area is 96.1 Å². The van der Waals surface area contributed by atoms with E-state index in [1.54, 1.807) is 0 Å². The van der Waals surface area contributed by atoms with E-state index in [2.05, 4.69) is 4.98 Å². The molecule has 0 saturated heterocycles. The highest BCUT2D eigenvalue weighted by molar-refractivity contribution is 5.74. The molecule has 17 heavy (non-hydrogen) atoms. The maximum absolute atomic E-state index is 13.1. The molecular formula is C12H7F2N3. The molecule has 3 nitrogen and oxygen atoms in total. The topological polar surface area (TPSA) is 62.7 Å². The molecule has 0 aliphatic rings. The Balaban J connectivity index is 2.65. The van der Waals surface area contributed by atoms with Gasteiger partial charge in [0.25, 0.3) is 0 Å². The summed E-state index contributed by atoms with van der Waals surface area (Å²) in [6.45, 7) is 0. The van der Waals surface area contributed by atoms with E-state index in [0.29, 0.717) is 11.1 Å². The van der Waals surface area contributed by atoms with Crippen LogP contribution in [0.25, 0.3) is 11.1 Å². The number of anilines is 1. The smallest absolute Gasteiger partial charge is 0.159 e. The number of benzene rings is 1. The highest BCUT2D eigenvalue weighted by Crippen LogP contribution is 2.26. The molecule has 1 aromatic carbocycles. The molecular weight excluding hydrogens is 224 g/mol. The summed E-state index contributed by atoms with van der Waals surface area (Å²) >= 11 is 0. The van der Waals surface area contributed by atoms with Gasteiger partial charge in [-0.2, -0.15) is 5.26 Å². The minimum atomic E-state index is -0.971. The van der Waals surface area contributed by atoms with Crippen LogP contribution in [0.2, 0.25) is 0 Å². The zero-order valence-corrected chi connectivity index (χ0v) is 8.61. The second kappa shape index (κ2) is 4.18. The van der Waals surface area contributed by atoms with E-state index in [4.69, 9.17) is 11.0 Å². The summed E-state index contributed by atoms with van der Waals surface area (Å²) in [4.78, 5) is 3.76. The standard InChI is InChI=1S/C12H7F2N3/c13-10-2-1-7(5-11(10)14)8-3-4-17-12(16)9(8)6-15/h1-5H,(H2,16,17). The van der Waals surface area contributed by atoms with Gasteiger partial charge < -0.3 is 5.73 Å². The maximum Gasteiger partial charge on any atom is 0.159 e. The van der Waals surface area contributed by atoms with Crippen molar-refractivity contribution >= 4 is 5.82 Å². The zero-order chi connectivity index (χ0) is 12.4. The second-order valence-electron chi connectivity index (χ2n) is 3.36. The number of aromatic nitrogens is 1. The summed E-state index contributed by atoms with van der Waals surface area (Å²) in [7, 11) is 0. The molecule has 0 fully saturated rings. The number of rotatable bonds is 1. The average Bonchev–Trinajstić information content (AvgIpc) is 2.32. The second-order valence-corrected chi connectivity index (χ2v) is 3.36. The van der Waals surface area contributed by atoms with Crippen LogP contribution in [0.15, 0.2) is 30.5 Å². The van der Waals surface area contributed by atoms with Gasteiger partial charge in [0.2, 0.25) is 0 Å². The van der Waals surface area contributed by atoms with Gasteiger partial charge in [-0.3, -0.25) is 0 Å². The van der Waals surface area contributed by atoms with Crippen LogP contribution in [0, 0.1) is 23.0 Å². The summed E-state index contributed by atoms with van der Waals surface area (Å²) in [6, 6.07) is 6.83. The normalized spacial score (nSPS) is 9.94. The van der Waals surface area contributed by atoms with E-state index >= 15 is 0 Å². The minimum absolute atomic E-state index is 0.0646. The van der Waals surface area contributed by atoms with Gasteiger partial charge in [0, 0.05) is 11.8 Å². The first kappa shape index (κ1) is 11.0. The largest absolute Gasteiger partial charge is 0.383 e. The van der Waals surface area contributed by atoms with Crippen molar-refractivity contribution in [2.45, 2.75) is 0 Å². The number of nitrogens with zero attached hydrogens (tertiary/aromatic N) is 2. The maximum atomic E-state index is 13.1. The van der Waals surface area contributed by atoms with Crippen molar-refractivity contribution in [3.8, 4) is 17.2 Å². The van der Waals surface area contributed by atoms with Gasteiger partial charge in [-0.1, -0.05) is 6.07 Å². The van der Waals surface area contributed by atoms with Gasteiger partial charge in [-0.05, 0) is 23.8 Å². The van der Waals surface area contributed by atoms with E-state index in [0.717, 1.165) is 12.1 Å². The molecule has 2 N–H and O–H groups in total. The molecule has 5 heteroatoms. The molecule has 0 spiro atoms. The summed E-state index contributed by atoms with van der Waals surface area (Å²) in [5, 5.41) is 8.95. The third-order valence-electron chi connectivity index (χ3n) is 2.32. The predicted molar refractivity (Wildman–Crippen MR) is 58.7 cm³/mol. The molecule has 0 bridgehead atoms. The van der Waals surface area contributed by atoms with Crippen LogP contribution >= 0.6 is 0 Å². The molecule has 1 heterocycles. The van der Waals surface area contributed by atoms with Crippen LogP contribution in [-0.2, 0) is 0 Å². The predicted octanol–water partition coefficient (Wildman–Crippen LogP) is 2.48. The van der Waals surface area contributed by atoms with Crippen LogP contribution in [0.4, 0.5) is 14.6 Å². The van der Waals surface area contributed by atoms with Crippen molar-refractivity contribution in [2.75, 3.05) is 5.73 Å². The fourth-order valence-corrected chi connectivity index (χ4v) is 1.50. The monoisotopic (exact) mass is 231 g/mol. The van der Waals surface area contributed by atoms with Gasteiger partial charge in [-0.25, -0.2) is 13.8 Å². The lowest BCUT2D eigenvalue weighted by atomic mass is 10.0. The number of nitriles is 1. The number of hydrogen-bond donors (Lipinski definition) is 1. The molecule has 0 radical (unpaired) electrons. The average molecular weight is 231 g/mol. The van der Waals surface area contributed by atoms with Gasteiger partial charge >= 0.3 is 0 Å². The Morgan fingerprint density at radius 2 is 1.94 bits per heavy atom. The van der Waals surface area contributed by atoms with Gasteiger partial charge in [0.15, 0.2) is 11.6 Å². The summed E-state index contributed by atoms with van der Waals surface area (Å²) in [6.07, 6.45) is 1.41. The van der Waals surface area contributed by atoms with Crippen molar-refractivity contribution in [3.05, 3.63) is 47.7 Å². The Morgan fingerprint density at radius 1 is 1.18 bits per heavy atom. The molecule has 84 valence electrons. The minimum Gasteiger partial charge on any atom is -0.383 e. The lowest BCUT2D eigenvalue weighted by Gasteiger charge is -2.06. The molecule has 0 atom stereocenters. The quantitative estimate of drug-likeness (QED) is 0.820. The van der Waals surface area contributed by atoms with E-state index in [1.165, 1.54) is 18.3 Å². The number of nitrogen functional groups attached to an aromatic ring is 1. The van der Waals surface area contributed by atoms with Gasteiger partial charge in [0.1, 0.15) is 17.5 Å². The first-order chi connectivity index (χ1) is 8.13. The summed E-state index contributed by atoms with van der Waals surface area (Å²) in [5.74, 6) is -1.84. The van der Waals surface area contributed by atoms with Crippen molar-refractivity contribution in [1.29, 1.82) is 5.26 Å². The van der Waals surface area contributed by atoms with Crippen molar-refractivity contribution in [3.63, 3.8) is 0 Å². The highest BCUT2D eigenvalue weighted by Gasteiger charge is 2.11. The Morgan fingerprint density at radius 3 is 2.59 bits per heavy atom. The van der Waals surface area contributed by atoms with Crippen LogP contribution in [0.5, 0.6) is 0 Å². The van der Waals surface area contributed by atoms with E-state index < -0.39 is 11.6 Å². The first-order valence-corrected chi connectivity index (χ1v) is 4.73. The van der Waals surface area contributed by atoms with Crippen LogP contribution < -0.4 is 5.73 Å². The van der Waals surface area contributed by atoms with Crippen LogP contribution in [0.1, 0.15) is 5.56 Å². The first-order valence-electron chi connectivity index (χ1n) is 4.73. The molecule has 0 aliphatic carbocycles. The van der Waals surface area contributed by atoms with Crippen LogP contribution in [-0.4, -0.2) is 4.98 Å². The van der Waals surface area contributed by atoms with Crippen molar-refractivity contribution < 1.29 is 8.78 Å². The molecule has 2 rings (SSSR count). The van der Waals surface area contributed by atoms with Gasteiger partial charge in [0.05, 0.1) is 0 Å². The molecule has 2 aromatic rings. The lowest BCUT2D eigenvalue weighted by Crippen LogP contribution is -1.97. The zero-order valence-electron chi connectivity index (χ0n) is 8.61. The van der Waals surface area contributed by atoms with E-state index in [-0.39, 0.29) is 11.4 Å². The number of pyridine rings is 1. The van der Waals surface area contributed by atoms with Gasteiger partial charge in [-0.15, -0.1) is 0 Å². The molecule has 0 saturated carbocycles. The number of nitrogens with two attached hydrogens (primary N) is 1. The number of halogens is 2. The molecule has 1 aromatic heterocycles. The van der Waals surface area contributed by atoms with E-state index in [1.807, 2.05) is 6.07 Å². The van der Waals surface area contributed by atoms with E-state index in [9.17, 15) is 8.78 Å².